The normalized spacial score (nSPS) is 10.3. The van der Waals surface area contributed by atoms with Gasteiger partial charge >= 0.3 is 0 Å². The molecular formula is C17H22N2O. The fraction of sp³-hybridized carbons (Fsp3) is 0.353. The van der Waals surface area contributed by atoms with Crippen molar-refractivity contribution in [2.24, 2.45) is 0 Å². The van der Waals surface area contributed by atoms with Crippen LogP contribution in [0.15, 0.2) is 42.6 Å². The number of hydrogen-bond donors (Lipinski definition) is 1. The Hall–Kier alpha value is -2.03. The number of para-hydroxylation sites is 1. The van der Waals surface area contributed by atoms with E-state index in [1.807, 2.05) is 36.5 Å². The summed E-state index contributed by atoms with van der Waals surface area (Å²) in [5.41, 5.74) is 3.27. The van der Waals surface area contributed by atoms with Gasteiger partial charge in [-0.15, -0.1) is 0 Å². The van der Waals surface area contributed by atoms with Crippen molar-refractivity contribution in [3.63, 3.8) is 0 Å². The van der Waals surface area contributed by atoms with Crippen LogP contribution in [0.1, 0.15) is 31.5 Å². The van der Waals surface area contributed by atoms with E-state index in [9.17, 15) is 0 Å². The van der Waals surface area contributed by atoms with Crippen LogP contribution in [-0.4, -0.2) is 11.5 Å². The minimum atomic E-state index is 0.499. The number of nitrogens with one attached hydrogen (secondary N) is 1. The molecule has 0 aliphatic carbocycles. The van der Waals surface area contributed by atoms with Crippen LogP contribution < -0.4 is 10.1 Å². The van der Waals surface area contributed by atoms with Crippen LogP contribution in [0.2, 0.25) is 0 Å². The highest BCUT2D eigenvalue weighted by Gasteiger charge is 2.02. The summed E-state index contributed by atoms with van der Waals surface area (Å²) in [6, 6.07) is 12.2. The molecule has 1 N–H and O–H groups in total. The van der Waals surface area contributed by atoms with Crippen molar-refractivity contribution in [3.8, 4) is 5.75 Å². The smallest absolute Gasteiger partial charge is 0.130 e. The molecule has 3 nitrogen and oxygen atoms in total. The molecule has 3 heteroatoms. The van der Waals surface area contributed by atoms with Crippen LogP contribution >= 0.6 is 0 Å². The summed E-state index contributed by atoms with van der Waals surface area (Å²) < 4.78 is 5.88. The van der Waals surface area contributed by atoms with Crippen LogP contribution in [-0.2, 0) is 13.0 Å². The number of nitrogens with zero attached hydrogens (tertiary/aromatic N) is 1. The molecule has 0 spiro atoms. The van der Waals surface area contributed by atoms with Crippen molar-refractivity contribution in [2.45, 2.75) is 33.3 Å². The third-order valence-electron chi connectivity index (χ3n) is 3.12. The third-order valence-corrected chi connectivity index (χ3v) is 3.12. The van der Waals surface area contributed by atoms with E-state index < -0.39 is 0 Å². The van der Waals surface area contributed by atoms with Gasteiger partial charge in [0.25, 0.3) is 0 Å². The molecule has 0 saturated carbocycles. The maximum Gasteiger partial charge on any atom is 0.130 e. The summed E-state index contributed by atoms with van der Waals surface area (Å²) in [5.74, 6) is 0.948. The molecule has 0 fully saturated rings. The standard InChI is InChI=1S/C17H22N2O/c1-3-10-18-15-9-11-19-16(12-15)13-20-17-8-6-5-7-14(17)4-2/h5-9,11-12H,3-4,10,13H2,1-2H3,(H,18,19). The molecular weight excluding hydrogens is 248 g/mol. The summed E-state index contributed by atoms with van der Waals surface area (Å²) in [4.78, 5) is 4.35. The molecule has 2 aromatic rings. The van der Waals surface area contributed by atoms with Crippen LogP contribution in [0.5, 0.6) is 5.75 Å². The van der Waals surface area contributed by atoms with Gasteiger partial charge in [-0.2, -0.15) is 0 Å². The Morgan fingerprint density at radius 1 is 1.15 bits per heavy atom. The number of rotatable bonds is 7. The van der Waals surface area contributed by atoms with Crippen molar-refractivity contribution >= 4 is 5.69 Å². The number of anilines is 1. The summed E-state index contributed by atoms with van der Waals surface area (Å²) in [6.07, 6.45) is 3.90. The fourth-order valence-electron chi connectivity index (χ4n) is 2.02. The number of aromatic nitrogens is 1. The summed E-state index contributed by atoms with van der Waals surface area (Å²) in [5, 5.41) is 3.36. The molecule has 0 aliphatic rings. The van der Waals surface area contributed by atoms with Crippen LogP contribution in [0, 0.1) is 0 Å². The molecule has 0 aliphatic heterocycles. The van der Waals surface area contributed by atoms with Crippen LogP contribution in [0.25, 0.3) is 0 Å². The first-order valence-corrected chi connectivity index (χ1v) is 7.23. The Morgan fingerprint density at radius 2 is 2.00 bits per heavy atom. The van der Waals surface area contributed by atoms with E-state index in [2.05, 4.69) is 30.2 Å². The highest BCUT2D eigenvalue weighted by molar-refractivity contribution is 5.43. The average Bonchev–Trinajstić information content (AvgIpc) is 2.51. The first-order chi connectivity index (χ1) is 9.83. The lowest BCUT2D eigenvalue weighted by Gasteiger charge is -2.11. The van der Waals surface area contributed by atoms with Gasteiger partial charge in [-0.25, -0.2) is 0 Å². The predicted octanol–water partition coefficient (Wildman–Crippen LogP) is 4.04. The Bertz CT molecular complexity index is 540. The van der Waals surface area contributed by atoms with Crippen LogP contribution in [0.3, 0.4) is 0 Å². The minimum absolute atomic E-state index is 0.499. The lowest BCUT2D eigenvalue weighted by molar-refractivity contribution is 0.298. The zero-order valence-electron chi connectivity index (χ0n) is 12.2. The molecule has 0 bridgehead atoms. The fourth-order valence-corrected chi connectivity index (χ4v) is 2.02. The van der Waals surface area contributed by atoms with E-state index in [4.69, 9.17) is 4.74 Å². The van der Waals surface area contributed by atoms with E-state index in [1.54, 1.807) is 0 Å². The van der Waals surface area contributed by atoms with E-state index in [-0.39, 0.29) is 0 Å². The number of ether oxygens (including phenoxy) is 1. The topological polar surface area (TPSA) is 34.2 Å². The molecule has 106 valence electrons. The lowest BCUT2D eigenvalue weighted by Crippen LogP contribution is -2.03. The highest BCUT2D eigenvalue weighted by atomic mass is 16.5. The molecule has 0 atom stereocenters. The Labute approximate surface area is 121 Å². The molecule has 1 heterocycles. The van der Waals surface area contributed by atoms with E-state index in [0.29, 0.717) is 6.61 Å². The zero-order valence-corrected chi connectivity index (χ0v) is 12.2. The second-order valence-electron chi connectivity index (χ2n) is 4.71. The van der Waals surface area contributed by atoms with Crippen LogP contribution in [0.4, 0.5) is 5.69 Å². The van der Waals surface area contributed by atoms with Gasteiger partial charge < -0.3 is 10.1 Å². The van der Waals surface area contributed by atoms with Gasteiger partial charge in [0, 0.05) is 18.4 Å². The first-order valence-electron chi connectivity index (χ1n) is 7.23. The van der Waals surface area contributed by atoms with Gasteiger partial charge in [0.15, 0.2) is 0 Å². The Kier molecular flexibility index (Phi) is 5.42. The van der Waals surface area contributed by atoms with E-state index >= 15 is 0 Å². The number of benzene rings is 1. The van der Waals surface area contributed by atoms with Crippen molar-refractivity contribution in [2.75, 3.05) is 11.9 Å². The van der Waals surface area contributed by atoms with E-state index in [1.165, 1.54) is 5.56 Å². The van der Waals surface area contributed by atoms with Gasteiger partial charge in [0.2, 0.25) is 0 Å². The maximum atomic E-state index is 5.88. The van der Waals surface area contributed by atoms with Crippen molar-refractivity contribution in [1.82, 2.24) is 4.98 Å². The SMILES string of the molecule is CCCNc1ccnc(COc2ccccc2CC)c1. The minimum Gasteiger partial charge on any atom is -0.487 e. The maximum absolute atomic E-state index is 5.88. The quantitative estimate of drug-likeness (QED) is 0.824. The average molecular weight is 270 g/mol. The largest absolute Gasteiger partial charge is 0.487 e. The molecule has 1 aromatic heterocycles. The molecule has 0 saturated heterocycles. The first kappa shape index (κ1) is 14.4. The number of hydrogen-bond acceptors (Lipinski definition) is 3. The molecule has 2 rings (SSSR count). The van der Waals surface area contributed by atoms with E-state index in [0.717, 1.165) is 36.5 Å². The van der Waals surface area contributed by atoms with Gasteiger partial charge in [-0.1, -0.05) is 32.0 Å². The summed E-state index contributed by atoms with van der Waals surface area (Å²) >= 11 is 0. The van der Waals surface area contributed by atoms with Crippen molar-refractivity contribution < 1.29 is 4.74 Å². The molecule has 20 heavy (non-hydrogen) atoms. The second kappa shape index (κ2) is 7.53. The molecule has 0 unspecified atom stereocenters. The lowest BCUT2D eigenvalue weighted by atomic mass is 10.1. The van der Waals surface area contributed by atoms with Gasteiger partial charge in [0.1, 0.15) is 12.4 Å². The Balaban J connectivity index is 1.99. The summed E-state index contributed by atoms with van der Waals surface area (Å²) in [7, 11) is 0. The molecule has 1 aromatic carbocycles. The number of aryl methyl sites for hydroxylation is 1. The zero-order chi connectivity index (χ0) is 14.2. The second-order valence-corrected chi connectivity index (χ2v) is 4.71. The number of pyridine rings is 1. The third kappa shape index (κ3) is 3.98. The Morgan fingerprint density at radius 3 is 2.80 bits per heavy atom. The molecule has 0 radical (unpaired) electrons. The van der Waals surface area contributed by atoms with Gasteiger partial charge in [-0.3, -0.25) is 4.98 Å². The van der Waals surface area contributed by atoms with Gasteiger partial charge in [0.05, 0.1) is 5.69 Å². The van der Waals surface area contributed by atoms with Gasteiger partial charge in [-0.05, 0) is 36.6 Å². The van der Waals surface area contributed by atoms with Crippen molar-refractivity contribution in [3.05, 3.63) is 53.9 Å². The predicted molar refractivity (Wildman–Crippen MR) is 83.2 cm³/mol. The monoisotopic (exact) mass is 270 g/mol. The highest BCUT2D eigenvalue weighted by Crippen LogP contribution is 2.19. The molecule has 0 amide bonds. The van der Waals surface area contributed by atoms with Crippen molar-refractivity contribution in [1.29, 1.82) is 0 Å². The summed E-state index contributed by atoms with van der Waals surface area (Å²) in [6.45, 7) is 5.76.